The molecule has 134 valence electrons. The number of furan rings is 1. The molecule has 4 rings (SSSR count). The lowest BCUT2D eigenvalue weighted by Crippen LogP contribution is -2.55. The number of anilines is 1. The van der Waals surface area contributed by atoms with Crippen molar-refractivity contribution in [3.05, 3.63) is 24.5 Å². The number of urea groups is 1. The lowest BCUT2D eigenvalue weighted by molar-refractivity contribution is -0.115. The summed E-state index contributed by atoms with van der Waals surface area (Å²) in [7, 11) is 1.81. The first-order valence-electron chi connectivity index (χ1n) is 8.93. The molecule has 2 amide bonds. The monoisotopic (exact) mass is 344 g/mol. The quantitative estimate of drug-likeness (QED) is 0.908. The van der Waals surface area contributed by atoms with Crippen LogP contribution in [0.25, 0.3) is 11.5 Å². The van der Waals surface area contributed by atoms with E-state index in [1.165, 1.54) is 19.3 Å². The Labute approximate surface area is 146 Å². The molecule has 0 aromatic carbocycles. The maximum atomic E-state index is 12.7. The number of nitrogens with one attached hydrogen (secondary N) is 1. The van der Waals surface area contributed by atoms with E-state index in [2.05, 4.69) is 10.4 Å². The van der Waals surface area contributed by atoms with Gasteiger partial charge in [0.1, 0.15) is 11.5 Å². The summed E-state index contributed by atoms with van der Waals surface area (Å²) in [4.78, 5) is 14.6. The highest BCUT2D eigenvalue weighted by Crippen LogP contribution is 2.34. The van der Waals surface area contributed by atoms with E-state index in [-0.39, 0.29) is 11.6 Å². The average molecular weight is 344 g/mol. The number of carbonyl (C=O) groups excluding carboxylic acids is 1. The molecule has 0 bridgehead atoms. The van der Waals surface area contributed by atoms with Gasteiger partial charge < -0.3 is 14.1 Å². The fraction of sp³-hybridized carbons (Fsp3) is 0.556. The Hall–Kier alpha value is -2.28. The molecule has 1 aliphatic heterocycles. The second-order valence-corrected chi connectivity index (χ2v) is 6.96. The zero-order chi connectivity index (χ0) is 17.3. The van der Waals surface area contributed by atoms with Gasteiger partial charge in [-0.25, -0.2) is 4.79 Å². The number of hydrogen-bond donors (Lipinski definition) is 1. The molecule has 1 saturated carbocycles. The van der Waals surface area contributed by atoms with Crippen LogP contribution in [0.1, 0.15) is 32.1 Å². The molecule has 1 N–H and O–H groups in total. The van der Waals surface area contributed by atoms with E-state index < -0.39 is 0 Å². The van der Waals surface area contributed by atoms with Crippen molar-refractivity contribution in [1.82, 2.24) is 14.7 Å². The van der Waals surface area contributed by atoms with Gasteiger partial charge in [0.2, 0.25) is 0 Å². The number of morpholine rings is 1. The van der Waals surface area contributed by atoms with Crippen LogP contribution in [0.2, 0.25) is 0 Å². The van der Waals surface area contributed by atoms with Crippen LogP contribution in [0.3, 0.4) is 0 Å². The zero-order valence-electron chi connectivity index (χ0n) is 14.5. The number of nitrogens with zero attached hydrogens (tertiary/aromatic N) is 3. The first-order chi connectivity index (χ1) is 12.2. The highest BCUT2D eigenvalue weighted by molar-refractivity contribution is 5.89. The van der Waals surface area contributed by atoms with Crippen LogP contribution >= 0.6 is 0 Å². The summed E-state index contributed by atoms with van der Waals surface area (Å²) >= 11 is 0. The largest absolute Gasteiger partial charge is 0.463 e. The van der Waals surface area contributed by atoms with Crippen LogP contribution in [-0.4, -0.2) is 46.0 Å². The maximum Gasteiger partial charge on any atom is 0.323 e. The van der Waals surface area contributed by atoms with Crippen molar-refractivity contribution >= 4 is 11.8 Å². The van der Waals surface area contributed by atoms with Crippen LogP contribution in [0.4, 0.5) is 10.6 Å². The van der Waals surface area contributed by atoms with Gasteiger partial charge in [-0.1, -0.05) is 19.3 Å². The predicted molar refractivity (Wildman–Crippen MR) is 93.3 cm³/mol. The standard InChI is InChI=1S/C18H24N4O3/c1-21-16(12-14(20-21)15-6-5-10-24-15)19-17(23)22-9-11-25-18(13-22)7-3-2-4-8-18/h5-6,10,12H,2-4,7-9,11,13H2,1H3,(H,19,23). The number of carbonyl (C=O) groups is 1. The van der Waals surface area contributed by atoms with Gasteiger partial charge in [0.15, 0.2) is 5.76 Å². The molecule has 7 nitrogen and oxygen atoms in total. The Balaban J connectivity index is 1.45. The molecule has 1 saturated heterocycles. The molecule has 25 heavy (non-hydrogen) atoms. The van der Waals surface area contributed by atoms with Gasteiger partial charge in [-0.3, -0.25) is 10.00 Å². The predicted octanol–water partition coefficient (Wildman–Crippen LogP) is 3.25. The Bertz CT molecular complexity index is 726. The van der Waals surface area contributed by atoms with Crippen LogP contribution in [0.5, 0.6) is 0 Å². The summed E-state index contributed by atoms with van der Waals surface area (Å²) in [6.07, 6.45) is 7.34. The second-order valence-electron chi connectivity index (χ2n) is 6.96. The third-order valence-corrected chi connectivity index (χ3v) is 5.19. The molecule has 2 fully saturated rings. The van der Waals surface area contributed by atoms with E-state index >= 15 is 0 Å². The first-order valence-corrected chi connectivity index (χ1v) is 8.93. The highest BCUT2D eigenvalue weighted by Gasteiger charge is 2.39. The lowest BCUT2D eigenvalue weighted by atomic mass is 9.83. The number of aryl methyl sites for hydroxylation is 1. The minimum Gasteiger partial charge on any atom is -0.463 e. The Morgan fingerprint density at radius 1 is 1.32 bits per heavy atom. The van der Waals surface area contributed by atoms with Crippen molar-refractivity contribution in [3.8, 4) is 11.5 Å². The number of ether oxygens (including phenoxy) is 1. The summed E-state index contributed by atoms with van der Waals surface area (Å²) in [6, 6.07) is 5.40. The van der Waals surface area contributed by atoms with Crippen molar-refractivity contribution in [2.24, 2.45) is 7.05 Å². The average Bonchev–Trinajstić information content (AvgIpc) is 3.26. The molecular weight excluding hydrogens is 320 g/mol. The van der Waals surface area contributed by atoms with Crippen LogP contribution < -0.4 is 5.32 Å². The number of hydrogen-bond acceptors (Lipinski definition) is 4. The molecular formula is C18H24N4O3. The first kappa shape index (κ1) is 16.2. The number of rotatable bonds is 2. The number of aromatic nitrogens is 2. The second kappa shape index (κ2) is 6.55. The SMILES string of the molecule is Cn1nc(-c2ccco2)cc1NC(=O)N1CCOC2(CCCCC2)C1. The minimum absolute atomic E-state index is 0.0951. The molecule has 1 spiro atoms. The molecule has 1 aliphatic carbocycles. The third kappa shape index (κ3) is 3.28. The van der Waals surface area contributed by atoms with Gasteiger partial charge in [0, 0.05) is 19.7 Å². The molecule has 3 heterocycles. The minimum atomic E-state index is -0.139. The van der Waals surface area contributed by atoms with Gasteiger partial charge in [0.05, 0.1) is 25.0 Å². The zero-order valence-corrected chi connectivity index (χ0v) is 14.5. The van der Waals surface area contributed by atoms with Crippen molar-refractivity contribution in [3.63, 3.8) is 0 Å². The fourth-order valence-electron chi connectivity index (χ4n) is 3.83. The molecule has 2 aliphatic rings. The van der Waals surface area contributed by atoms with Gasteiger partial charge in [0.25, 0.3) is 0 Å². The Kier molecular flexibility index (Phi) is 4.25. The normalized spacial score (nSPS) is 20.0. The van der Waals surface area contributed by atoms with E-state index in [1.54, 1.807) is 10.9 Å². The van der Waals surface area contributed by atoms with E-state index in [1.807, 2.05) is 30.1 Å². The van der Waals surface area contributed by atoms with Crippen LogP contribution in [-0.2, 0) is 11.8 Å². The molecule has 0 radical (unpaired) electrons. The lowest BCUT2D eigenvalue weighted by Gasteiger charge is -2.44. The highest BCUT2D eigenvalue weighted by atomic mass is 16.5. The smallest absolute Gasteiger partial charge is 0.323 e. The van der Waals surface area contributed by atoms with Gasteiger partial charge >= 0.3 is 6.03 Å². The van der Waals surface area contributed by atoms with E-state index in [4.69, 9.17) is 9.15 Å². The number of amides is 2. The topological polar surface area (TPSA) is 72.5 Å². The molecule has 0 unspecified atom stereocenters. The van der Waals surface area contributed by atoms with Gasteiger partial charge in [-0.05, 0) is 25.0 Å². The Morgan fingerprint density at radius 3 is 2.92 bits per heavy atom. The summed E-state index contributed by atoms with van der Waals surface area (Å²) < 4.78 is 13.1. The third-order valence-electron chi connectivity index (χ3n) is 5.19. The molecule has 2 aromatic rings. The maximum absolute atomic E-state index is 12.7. The van der Waals surface area contributed by atoms with E-state index in [0.29, 0.717) is 37.0 Å². The van der Waals surface area contributed by atoms with Crippen molar-refractivity contribution < 1.29 is 13.9 Å². The molecule has 0 atom stereocenters. The van der Waals surface area contributed by atoms with Crippen molar-refractivity contribution in [2.45, 2.75) is 37.7 Å². The van der Waals surface area contributed by atoms with Crippen LogP contribution in [0.15, 0.2) is 28.9 Å². The summed E-state index contributed by atoms with van der Waals surface area (Å²) in [5, 5.41) is 7.37. The summed E-state index contributed by atoms with van der Waals surface area (Å²) in [5.41, 5.74) is 0.563. The Morgan fingerprint density at radius 2 is 2.16 bits per heavy atom. The van der Waals surface area contributed by atoms with Gasteiger partial charge in [-0.2, -0.15) is 5.10 Å². The summed E-state index contributed by atoms with van der Waals surface area (Å²) in [6.45, 7) is 1.90. The van der Waals surface area contributed by atoms with E-state index in [0.717, 1.165) is 12.8 Å². The molecule has 2 aromatic heterocycles. The van der Waals surface area contributed by atoms with Crippen molar-refractivity contribution in [2.75, 3.05) is 25.0 Å². The van der Waals surface area contributed by atoms with Gasteiger partial charge in [-0.15, -0.1) is 0 Å². The van der Waals surface area contributed by atoms with E-state index in [9.17, 15) is 4.79 Å². The van der Waals surface area contributed by atoms with Crippen LogP contribution in [0, 0.1) is 0 Å². The van der Waals surface area contributed by atoms with Crippen molar-refractivity contribution in [1.29, 1.82) is 0 Å². The summed E-state index contributed by atoms with van der Waals surface area (Å²) in [5.74, 6) is 1.34. The fourth-order valence-corrected chi connectivity index (χ4v) is 3.83. The molecule has 7 heteroatoms.